The number of hydrogen-bond acceptors (Lipinski definition) is 1. The minimum absolute atomic E-state index is 0.882. The zero-order valence-electron chi connectivity index (χ0n) is 10.7. The number of rotatable bonds is 8. The third kappa shape index (κ3) is 5.95. The van der Waals surface area contributed by atoms with Crippen LogP contribution in [0.15, 0.2) is 0 Å². The lowest BCUT2D eigenvalue weighted by molar-refractivity contribution is 0.284. The maximum absolute atomic E-state index is 2.43. The summed E-state index contributed by atoms with van der Waals surface area (Å²) < 4.78 is 0. The van der Waals surface area contributed by atoms with Crippen LogP contribution in [0.1, 0.15) is 53.9 Å². The molecule has 0 aliphatic carbocycles. The minimum atomic E-state index is 0.882. The minimum Gasteiger partial charge on any atom is -0.162 e. The van der Waals surface area contributed by atoms with Crippen LogP contribution >= 0.6 is 11.8 Å². The second-order valence-electron chi connectivity index (χ2n) is 4.68. The van der Waals surface area contributed by atoms with Gasteiger partial charge in [-0.15, -0.1) is 0 Å². The van der Waals surface area contributed by atoms with E-state index in [1.807, 2.05) is 0 Å². The van der Waals surface area contributed by atoms with E-state index in [4.69, 9.17) is 0 Å². The molecule has 3 unspecified atom stereocenters. The standard InChI is InChI=1S/C13H28S/c1-6-8-11(3)13(5)12(4)10-14-9-7-2/h11-13H,6-10H2,1-5H3. The average Bonchev–Trinajstić information content (AvgIpc) is 2.17. The summed E-state index contributed by atoms with van der Waals surface area (Å²) in [5.41, 5.74) is 0. The Morgan fingerprint density at radius 1 is 0.929 bits per heavy atom. The second-order valence-corrected chi connectivity index (χ2v) is 5.83. The van der Waals surface area contributed by atoms with Crippen LogP contribution in [0.5, 0.6) is 0 Å². The molecule has 0 bridgehead atoms. The maximum Gasteiger partial charge on any atom is -0.00391 e. The summed E-state index contributed by atoms with van der Waals surface area (Å²) in [7, 11) is 0. The summed E-state index contributed by atoms with van der Waals surface area (Å²) in [4.78, 5) is 0. The van der Waals surface area contributed by atoms with Gasteiger partial charge in [-0.25, -0.2) is 0 Å². The molecule has 1 heteroatoms. The average molecular weight is 216 g/mol. The van der Waals surface area contributed by atoms with Crippen LogP contribution in [0.4, 0.5) is 0 Å². The van der Waals surface area contributed by atoms with E-state index in [2.05, 4.69) is 46.4 Å². The van der Waals surface area contributed by atoms with Gasteiger partial charge >= 0.3 is 0 Å². The van der Waals surface area contributed by atoms with Crippen molar-refractivity contribution in [2.45, 2.75) is 53.9 Å². The van der Waals surface area contributed by atoms with Crippen molar-refractivity contribution < 1.29 is 0 Å². The van der Waals surface area contributed by atoms with Crippen LogP contribution < -0.4 is 0 Å². The van der Waals surface area contributed by atoms with Crippen LogP contribution in [0.2, 0.25) is 0 Å². The van der Waals surface area contributed by atoms with Gasteiger partial charge in [-0.3, -0.25) is 0 Å². The fraction of sp³-hybridized carbons (Fsp3) is 1.00. The van der Waals surface area contributed by atoms with Crippen molar-refractivity contribution in [1.29, 1.82) is 0 Å². The van der Waals surface area contributed by atoms with Gasteiger partial charge in [-0.1, -0.05) is 47.5 Å². The van der Waals surface area contributed by atoms with Crippen LogP contribution in [-0.4, -0.2) is 11.5 Å². The molecule has 0 heterocycles. The molecule has 86 valence electrons. The lowest BCUT2D eigenvalue weighted by Crippen LogP contribution is -2.18. The van der Waals surface area contributed by atoms with Crippen LogP contribution in [0.25, 0.3) is 0 Å². The molecule has 14 heavy (non-hydrogen) atoms. The number of thioether (sulfide) groups is 1. The Morgan fingerprint density at radius 3 is 2.07 bits per heavy atom. The fourth-order valence-corrected chi connectivity index (χ4v) is 2.98. The summed E-state index contributed by atoms with van der Waals surface area (Å²) in [6.45, 7) is 11.8. The molecule has 0 aromatic carbocycles. The molecule has 0 fully saturated rings. The smallest absolute Gasteiger partial charge is 0.00391 e. The van der Waals surface area contributed by atoms with E-state index in [1.165, 1.54) is 30.8 Å². The Bertz CT molecular complexity index is 122. The van der Waals surface area contributed by atoms with Gasteiger partial charge in [-0.2, -0.15) is 11.8 Å². The Balaban J connectivity index is 3.68. The molecule has 0 radical (unpaired) electrons. The zero-order valence-corrected chi connectivity index (χ0v) is 11.5. The molecule has 0 aromatic rings. The summed E-state index contributed by atoms with van der Waals surface area (Å²) in [6, 6.07) is 0. The van der Waals surface area contributed by atoms with Crippen molar-refractivity contribution in [1.82, 2.24) is 0 Å². The highest BCUT2D eigenvalue weighted by Gasteiger charge is 2.17. The molecule has 0 spiro atoms. The first-order valence-corrected chi connectivity index (χ1v) is 7.36. The molecule has 0 nitrogen and oxygen atoms in total. The highest BCUT2D eigenvalue weighted by atomic mass is 32.2. The molecule has 0 N–H and O–H groups in total. The van der Waals surface area contributed by atoms with Crippen LogP contribution in [0, 0.1) is 17.8 Å². The molecule has 0 amide bonds. The third-order valence-electron chi connectivity index (χ3n) is 3.27. The monoisotopic (exact) mass is 216 g/mol. The van der Waals surface area contributed by atoms with E-state index in [0.717, 1.165) is 17.8 Å². The van der Waals surface area contributed by atoms with Gasteiger partial charge in [0.25, 0.3) is 0 Å². The van der Waals surface area contributed by atoms with Crippen molar-refractivity contribution >= 4 is 11.8 Å². The highest BCUT2D eigenvalue weighted by molar-refractivity contribution is 7.99. The Morgan fingerprint density at radius 2 is 1.57 bits per heavy atom. The summed E-state index contributed by atoms with van der Waals surface area (Å²) >= 11 is 2.13. The largest absolute Gasteiger partial charge is 0.162 e. The van der Waals surface area contributed by atoms with Gasteiger partial charge in [0, 0.05) is 0 Å². The van der Waals surface area contributed by atoms with Gasteiger partial charge in [0.05, 0.1) is 0 Å². The Labute approximate surface area is 95.2 Å². The van der Waals surface area contributed by atoms with E-state index in [9.17, 15) is 0 Å². The van der Waals surface area contributed by atoms with Gasteiger partial charge in [0.2, 0.25) is 0 Å². The van der Waals surface area contributed by atoms with Crippen molar-refractivity contribution in [2.24, 2.45) is 17.8 Å². The summed E-state index contributed by atoms with van der Waals surface area (Å²) in [6.07, 6.45) is 4.04. The van der Waals surface area contributed by atoms with Crippen molar-refractivity contribution in [3.63, 3.8) is 0 Å². The molecule has 0 rings (SSSR count). The second kappa shape index (κ2) is 8.64. The van der Waals surface area contributed by atoms with Crippen LogP contribution in [0.3, 0.4) is 0 Å². The Kier molecular flexibility index (Phi) is 8.86. The SMILES string of the molecule is CCCSCC(C)C(C)C(C)CCC. The van der Waals surface area contributed by atoms with Gasteiger partial charge < -0.3 is 0 Å². The van der Waals surface area contributed by atoms with Crippen LogP contribution in [-0.2, 0) is 0 Å². The van der Waals surface area contributed by atoms with Gasteiger partial charge in [0.15, 0.2) is 0 Å². The third-order valence-corrected chi connectivity index (χ3v) is 4.73. The predicted molar refractivity (Wildman–Crippen MR) is 70.0 cm³/mol. The first-order valence-electron chi connectivity index (χ1n) is 6.21. The first kappa shape index (κ1) is 14.3. The Hall–Kier alpha value is 0.350. The molecule has 3 atom stereocenters. The maximum atomic E-state index is 2.43. The summed E-state index contributed by atoms with van der Waals surface area (Å²) in [5, 5.41) is 0. The van der Waals surface area contributed by atoms with E-state index >= 15 is 0 Å². The fourth-order valence-electron chi connectivity index (χ4n) is 1.84. The quantitative estimate of drug-likeness (QED) is 0.523. The zero-order chi connectivity index (χ0) is 11.0. The van der Waals surface area contributed by atoms with E-state index in [1.54, 1.807) is 0 Å². The lowest BCUT2D eigenvalue weighted by Gasteiger charge is -2.25. The molecular weight excluding hydrogens is 188 g/mol. The molecule has 0 aromatic heterocycles. The van der Waals surface area contributed by atoms with E-state index < -0.39 is 0 Å². The molecule has 0 saturated carbocycles. The molecular formula is C13H28S. The topological polar surface area (TPSA) is 0 Å². The predicted octanol–water partition coefficient (Wildman–Crippen LogP) is 4.84. The first-order chi connectivity index (χ1) is 6.63. The molecule has 0 saturated heterocycles. The van der Waals surface area contributed by atoms with E-state index in [-0.39, 0.29) is 0 Å². The summed E-state index contributed by atoms with van der Waals surface area (Å²) in [5.74, 6) is 5.35. The lowest BCUT2D eigenvalue weighted by atomic mass is 9.84. The van der Waals surface area contributed by atoms with Gasteiger partial charge in [-0.05, 0) is 35.7 Å². The van der Waals surface area contributed by atoms with Gasteiger partial charge in [0.1, 0.15) is 0 Å². The molecule has 0 aliphatic heterocycles. The van der Waals surface area contributed by atoms with Crippen molar-refractivity contribution in [3.8, 4) is 0 Å². The molecule has 0 aliphatic rings. The van der Waals surface area contributed by atoms with Crippen molar-refractivity contribution in [2.75, 3.05) is 11.5 Å². The van der Waals surface area contributed by atoms with Crippen molar-refractivity contribution in [3.05, 3.63) is 0 Å². The van der Waals surface area contributed by atoms with E-state index in [0.29, 0.717) is 0 Å². The number of hydrogen-bond donors (Lipinski definition) is 0. The normalized spacial score (nSPS) is 17.8. The highest BCUT2D eigenvalue weighted by Crippen LogP contribution is 2.26.